The van der Waals surface area contributed by atoms with Crippen LogP contribution in [0, 0.1) is 5.41 Å². The monoisotopic (exact) mass is 383 g/mol. The summed E-state index contributed by atoms with van der Waals surface area (Å²) in [6.07, 6.45) is 6.17. The van der Waals surface area contributed by atoms with Crippen molar-refractivity contribution in [3.8, 4) is 0 Å². The Bertz CT molecular complexity index is 720. The van der Waals surface area contributed by atoms with Gasteiger partial charge in [0.2, 0.25) is 5.91 Å². The third-order valence-corrected chi connectivity index (χ3v) is 6.18. The average Bonchev–Trinajstić information content (AvgIpc) is 3.04. The van der Waals surface area contributed by atoms with Crippen LogP contribution in [-0.4, -0.2) is 73.6 Å². The fourth-order valence-corrected chi connectivity index (χ4v) is 4.49. The second kappa shape index (κ2) is 8.45. The normalized spacial score (nSPS) is 25.0. The predicted octanol–water partition coefficient (Wildman–Crippen LogP) is 1.53. The number of likely N-dealkylation sites (tertiary alicyclic amines) is 2. The summed E-state index contributed by atoms with van der Waals surface area (Å²) in [5.41, 5.74) is 1.18. The Morgan fingerprint density at radius 2 is 2.04 bits per heavy atom. The minimum atomic E-state index is -0.354. The van der Waals surface area contributed by atoms with Crippen molar-refractivity contribution in [2.24, 2.45) is 5.41 Å². The van der Waals surface area contributed by atoms with Gasteiger partial charge in [-0.05, 0) is 18.4 Å². The first-order valence-corrected chi connectivity index (χ1v) is 10.3. The van der Waals surface area contributed by atoms with Crippen LogP contribution in [0.2, 0.25) is 0 Å². The summed E-state index contributed by atoms with van der Waals surface area (Å²) < 4.78 is 5.60. The number of nitrogens with zero attached hydrogens (tertiary/aromatic N) is 2. The Kier molecular flexibility index (Phi) is 5.78. The first-order chi connectivity index (χ1) is 13.7. The highest BCUT2D eigenvalue weighted by Gasteiger charge is 2.45. The van der Waals surface area contributed by atoms with Crippen LogP contribution in [0.15, 0.2) is 36.4 Å². The zero-order valence-corrected chi connectivity index (χ0v) is 16.3. The van der Waals surface area contributed by atoms with E-state index >= 15 is 0 Å². The third kappa shape index (κ3) is 4.28. The second-order valence-electron chi connectivity index (χ2n) is 8.15. The zero-order valence-electron chi connectivity index (χ0n) is 16.3. The Labute approximate surface area is 166 Å². The number of hydrogen-bond acceptors (Lipinski definition) is 4. The van der Waals surface area contributed by atoms with Crippen LogP contribution in [0.1, 0.15) is 24.8 Å². The summed E-state index contributed by atoms with van der Waals surface area (Å²) in [7, 11) is 0. The van der Waals surface area contributed by atoms with Gasteiger partial charge in [0.25, 0.3) is 5.91 Å². The van der Waals surface area contributed by atoms with Crippen molar-refractivity contribution in [3.05, 3.63) is 42.0 Å². The van der Waals surface area contributed by atoms with Gasteiger partial charge >= 0.3 is 0 Å². The fourth-order valence-electron chi connectivity index (χ4n) is 4.49. The topological polar surface area (TPSA) is 61.9 Å². The summed E-state index contributed by atoms with van der Waals surface area (Å²) in [6, 6.07) is 10.1. The van der Waals surface area contributed by atoms with Gasteiger partial charge in [-0.3, -0.25) is 9.59 Å². The molecule has 4 rings (SSSR count). The maximum absolute atomic E-state index is 12.6. The van der Waals surface area contributed by atoms with Crippen molar-refractivity contribution >= 4 is 17.9 Å². The number of benzene rings is 1. The molecule has 3 heterocycles. The van der Waals surface area contributed by atoms with E-state index in [9.17, 15) is 9.59 Å². The molecule has 2 amide bonds. The lowest BCUT2D eigenvalue weighted by Crippen LogP contribution is -2.52. The van der Waals surface area contributed by atoms with E-state index in [2.05, 4.69) is 29.6 Å². The predicted molar refractivity (Wildman–Crippen MR) is 108 cm³/mol. The van der Waals surface area contributed by atoms with Crippen molar-refractivity contribution in [2.45, 2.75) is 25.4 Å². The van der Waals surface area contributed by atoms with Crippen LogP contribution in [-0.2, 0) is 14.3 Å². The molecular weight excluding hydrogens is 354 g/mol. The van der Waals surface area contributed by atoms with Crippen LogP contribution in [0.3, 0.4) is 0 Å². The number of ether oxygens (including phenoxy) is 1. The first-order valence-electron chi connectivity index (χ1n) is 10.3. The van der Waals surface area contributed by atoms with Crippen molar-refractivity contribution in [1.82, 2.24) is 15.1 Å². The van der Waals surface area contributed by atoms with E-state index < -0.39 is 0 Å². The largest absolute Gasteiger partial charge is 0.366 e. The average molecular weight is 383 g/mol. The molecule has 0 saturated carbocycles. The second-order valence-corrected chi connectivity index (χ2v) is 8.15. The number of hydrogen-bond donors (Lipinski definition) is 1. The third-order valence-electron chi connectivity index (χ3n) is 6.18. The highest BCUT2D eigenvalue weighted by Crippen LogP contribution is 2.41. The van der Waals surface area contributed by atoms with Gasteiger partial charge in [0, 0.05) is 51.1 Å². The Morgan fingerprint density at radius 3 is 2.75 bits per heavy atom. The van der Waals surface area contributed by atoms with Crippen LogP contribution < -0.4 is 5.32 Å². The Hall–Kier alpha value is -2.18. The van der Waals surface area contributed by atoms with Crippen molar-refractivity contribution in [2.75, 3.05) is 45.9 Å². The number of nitrogens with one attached hydrogen (secondary N) is 1. The molecule has 6 heteroatoms. The molecule has 3 aliphatic rings. The molecule has 1 atom stereocenters. The van der Waals surface area contributed by atoms with E-state index in [0.29, 0.717) is 26.1 Å². The minimum absolute atomic E-state index is 0.0279. The summed E-state index contributed by atoms with van der Waals surface area (Å²) in [5.74, 6) is 0.325. The highest BCUT2D eigenvalue weighted by atomic mass is 16.5. The lowest BCUT2D eigenvalue weighted by Gasteiger charge is -2.40. The summed E-state index contributed by atoms with van der Waals surface area (Å²) in [6.45, 7) is 4.89. The standard InChI is InChI=1S/C22H29N3O3/c26-20-15-22(17-25(20)11-4-7-18-5-2-1-3-6-18)8-12-24(13-9-22)21(27)19-16-23-10-14-28-19/h1-7,19,23H,8-17H2/b7-4+/t19-/m1/s1. The summed E-state index contributed by atoms with van der Waals surface area (Å²) in [5, 5.41) is 3.22. The molecule has 1 aromatic carbocycles. The quantitative estimate of drug-likeness (QED) is 0.857. The molecule has 0 aromatic heterocycles. The van der Waals surface area contributed by atoms with Crippen molar-refractivity contribution in [1.29, 1.82) is 0 Å². The fraction of sp³-hybridized carbons (Fsp3) is 0.545. The lowest BCUT2D eigenvalue weighted by atomic mass is 9.77. The molecule has 3 fully saturated rings. The molecule has 0 unspecified atom stereocenters. The number of rotatable bonds is 4. The highest BCUT2D eigenvalue weighted by molar-refractivity contribution is 5.82. The van der Waals surface area contributed by atoms with Crippen LogP contribution in [0.4, 0.5) is 0 Å². The molecule has 1 N–H and O–H groups in total. The minimum Gasteiger partial charge on any atom is -0.366 e. The van der Waals surface area contributed by atoms with E-state index in [1.165, 1.54) is 0 Å². The SMILES string of the molecule is O=C1CC2(CCN(C(=O)[C@H]3CNCCO3)CC2)CN1C/C=C/c1ccccc1. The van der Waals surface area contributed by atoms with Gasteiger partial charge < -0.3 is 19.9 Å². The van der Waals surface area contributed by atoms with E-state index in [-0.39, 0.29) is 23.3 Å². The number of piperidine rings is 1. The molecule has 150 valence electrons. The zero-order chi connectivity index (χ0) is 19.4. The number of morpholine rings is 1. The molecule has 0 radical (unpaired) electrons. The molecule has 1 aromatic rings. The molecule has 3 aliphatic heterocycles. The number of carbonyl (C=O) groups excluding carboxylic acids is 2. The van der Waals surface area contributed by atoms with Crippen LogP contribution in [0.25, 0.3) is 6.08 Å². The van der Waals surface area contributed by atoms with Gasteiger partial charge in [0.05, 0.1) is 6.61 Å². The maximum atomic E-state index is 12.6. The van der Waals surface area contributed by atoms with Crippen molar-refractivity contribution < 1.29 is 14.3 Å². The summed E-state index contributed by atoms with van der Waals surface area (Å²) >= 11 is 0. The molecule has 6 nitrogen and oxygen atoms in total. The van der Waals surface area contributed by atoms with Crippen LogP contribution in [0.5, 0.6) is 0 Å². The van der Waals surface area contributed by atoms with Gasteiger partial charge in [0.15, 0.2) is 0 Å². The number of carbonyl (C=O) groups is 2. The van der Waals surface area contributed by atoms with E-state index in [4.69, 9.17) is 4.74 Å². The number of amides is 2. The first kappa shape index (κ1) is 19.2. The smallest absolute Gasteiger partial charge is 0.253 e. The molecule has 0 aliphatic carbocycles. The van der Waals surface area contributed by atoms with Gasteiger partial charge in [-0.15, -0.1) is 0 Å². The maximum Gasteiger partial charge on any atom is 0.253 e. The van der Waals surface area contributed by atoms with E-state index in [1.807, 2.05) is 28.0 Å². The van der Waals surface area contributed by atoms with Crippen molar-refractivity contribution in [3.63, 3.8) is 0 Å². The Morgan fingerprint density at radius 1 is 1.25 bits per heavy atom. The van der Waals surface area contributed by atoms with E-state index in [0.717, 1.165) is 44.6 Å². The molecule has 3 saturated heterocycles. The molecular formula is C22H29N3O3. The molecule has 1 spiro atoms. The lowest BCUT2D eigenvalue weighted by molar-refractivity contribution is -0.147. The molecule has 0 bridgehead atoms. The van der Waals surface area contributed by atoms with Crippen LogP contribution >= 0.6 is 0 Å². The summed E-state index contributed by atoms with van der Waals surface area (Å²) in [4.78, 5) is 29.1. The van der Waals surface area contributed by atoms with Gasteiger partial charge in [-0.2, -0.15) is 0 Å². The van der Waals surface area contributed by atoms with E-state index in [1.54, 1.807) is 0 Å². The van der Waals surface area contributed by atoms with Gasteiger partial charge in [0.1, 0.15) is 6.10 Å². The van der Waals surface area contributed by atoms with Gasteiger partial charge in [-0.25, -0.2) is 0 Å². The molecule has 28 heavy (non-hydrogen) atoms. The van der Waals surface area contributed by atoms with Gasteiger partial charge in [-0.1, -0.05) is 42.5 Å². The Balaban J connectivity index is 1.29.